The Hall–Kier alpha value is -3.07. The number of carbonyl (C=O) groups excluding carboxylic acids is 1. The minimum absolute atomic E-state index is 0.121. The van der Waals surface area contributed by atoms with Crippen LogP contribution >= 0.6 is 0 Å². The first kappa shape index (κ1) is 15.8. The molecule has 0 aliphatic carbocycles. The summed E-state index contributed by atoms with van der Waals surface area (Å²) in [4.78, 5) is 12.1. The molecule has 0 saturated carbocycles. The first-order valence-corrected chi connectivity index (χ1v) is 7.85. The molecule has 0 heterocycles. The SMILES string of the molecule is Cc1ccc(COc2ccc(NC(=O)c3ccccc3)cc2)cc1. The van der Waals surface area contributed by atoms with Crippen molar-refractivity contribution >= 4 is 11.6 Å². The Balaban J connectivity index is 1.57. The predicted molar refractivity (Wildman–Crippen MR) is 96.3 cm³/mol. The third-order valence-electron chi connectivity index (χ3n) is 3.67. The van der Waals surface area contributed by atoms with E-state index in [0.717, 1.165) is 17.0 Å². The minimum Gasteiger partial charge on any atom is -0.489 e. The molecular formula is C21H19NO2. The topological polar surface area (TPSA) is 38.3 Å². The Labute approximate surface area is 141 Å². The van der Waals surface area contributed by atoms with Gasteiger partial charge in [0.2, 0.25) is 0 Å². The number of hydrogen-bond donors (Lipinski definition) is 1. The Morgan fingerprint density at radius 1 is 0.875 bits per heavy atom. The van der Waals surface area contributed by atoms with Crippen LogP contribution in [0.3, 0.4) is 0 Å². The summed E-state index contributed by atoms with van der Waals surface area (Å²) in [6.45, 7) is 2.59. The van der Waals surface area contributed by atoms with Gasteiger partial charge in [-0.05, 0) is 48.9 Å². The third kappa shape index (κ3) is 4.23. The van der Waals surface area contributed by atoms with Crippen molar-refractivity contribution in [2.24, 2.45) is 0 Å². The first-order valence-electron chi connectivity index (χ1n) is 7.85. The van der Waals surface area contributed by atoms with Gasteiger partial charge in [0, 0.05) is 11.3 Å². The molecule has 0 radical (unpaired) electrons. The summed E-state index contributed by atoms with van der Waals surface area (Å²) in [5, 5.41) is 2.87. The van der Waals surface area contributed by atoms with Crippen LogP contribution in [0.1, 0.15) is 21.5 Å². The van der Waals surface area contributed by atoms with Gasteiger partial charge in [0.1, 0.15) is 12.4 Å². The summed E-state index contributed by atoms with van der Waals surface area (Å²) < 4.78 is 5.76. The fourth-order valence-corrected chi connectivity index (χ4v) is 2.28. The molecule has 1 N–H and O–H groups in total. The molecule has 0 spiro atoms. The van der Waals surface area contributed by atoms with Crippen LogP contribution in [0.25, 0.3) is 0 Å². The molecule has 3 aromatic rings. The lowest BCUT2D eigenvalue weighted by molar-refractivity contribution is 0.102. The number of hydrogen-bond acceptors (Lipinski definition) is 2. The van der Waals surface area contributed by atoms with E-state index in [1.807, 2.05) is 42.5 Å². The molecule has 120 valence electrons. The number of nitrogens with one attached hydrogen (secondary N) is 1. The van der Waals surface area contributed by atoms with Crippen LogP contribution in [0.5, 0.6) is 5.75 Å². The van der Waals surface area contributed by atoms with Crippen molar-refractivity contribution in [3.05, 3.63) is 95.6 Å². The van der Waals surface area contributed by atoms with Crippen LogP contribution in [0, 0.1) is 6.92 Å². The molecular weight excluding hydrogens is 298 g/mol. The van der Waals surface area contributed by atoms with Gasteiger partial charge in [-0.3, -0.25) is 4.79 Å². The summed E-state index contributed by atoms with van der Waals surface area (Å²) in [6, 6.07) is 24.8. The molecule has 0 aliphatic heterocycles. The van der Waals surface area contributed by atoms with E-state index in [1.54, 1.807) is 12.1 Å². The molecule has 0 saturated heterocycles. The molecule has 0 unspecified atom stereocenters. The van der Waals surface area contributed by atoms with Gasteiger partial charge >= 0.3 is 0 Å². The highest BCUT2D eigenvalue weighted by atomic mass is 16.5. The van der Waals surface area contributed by atoms with Gasteiger partial charge in [0.25, 0.3) is 5.91 Å². The van der Waals surface area contributed by atoms with Crippen LogP contribution in [-0.4, -0.2) is 5.91 Å². The van der Waals surface area contributed by atoms with Crippen molar-refractivity contribution < 1.29 is 9.53 Å². The predicted octanol–water partition coefficient (Wildman–Crippen LogP) is 4.83. The van der Waals surface area contributed by atoms with Gasteiger partial charge in [-0.25, -0.2) is 0 Å². The molecule has 3 nitrogen and oxygen atoms in total. The summed E-state index contributed by atoms with van der Waals surface area (Å²) in [6.07, 6.45) is 0. The van der Waals surface area contributed by atoms with Crippen molar-refractivity contribution in [3.63, 3.8) is 0 Å². The van der Waals surface area contributed by atoms with Gasteiger partial charge in [0.05, 0.1) is 0 Å². The lowest BCUT2D eigenvalue weighted by Gasteiger charge is -2.09. The number of amides is 1. The molecule has 0 aromatic heterocycles. The molecule has 3 rings (SSSR count). The second-order valence-corrected chi connectivity index (χ2v) is 5.62. The average Bonchev–Trinajstić information content (AvgIpc) is 2.63. The molecule has 1 amide bonds. The summed E-state index contributed by atoms with van der Waals surface area (Å²) >= 11 is 0. The van der Waals surface area contributed by atoms with E-state index in [2.05, 4.69) is 36.5 Å². The second kappa shape index (κ2) is 7.47. The molecule has 0 atom stereocenters. The van der Waals surface area contributed by atoms with Gasteiger partial charge in [-0.1, -0.05) is 48.0 Å². The van der Waals surface area contributed by atoms with E-state index in [1.165, 1.54) is 5.56 Å². The van der Waals surface area contributed by atoms with Crippen LogP contribution in [-0.2, 0) is 6.61 Å². The summed E-state index contributed by atoms with van der Waals surface area (Å²) in [5.74, 6) is 0.650. The Morgan fingerprint density at radius 3 is 2.21 bits per heavy atom. The zero-order valence-corrected chi connectivity index (χ0v) is 13.5. The van der Waals surface area contributed by atoms with Crippen molar-refractivity contribution in [2.45, 2.75) is 13.5 Å². The normalized spacial score (nSPS) is 10.2. The fourth-order valence-electron chi connectivity index (χ4n) is 2.28. The molecule has 0 aliphatic rings. The quantitative estimate of drug-likeness (QED) is 0.732. The Morgan fingerprint density at radius 2 is 1.54 bits per heavy atom. The minimum atomic E-state index is -0.121. The fraction of sp³-hybridized carbons (Fsp3) is 0.0952. The van der Waals surface area contributed by atoms with Crippen molar-refractivity contribution in [1.82, 2.24) is 0 Å². The lowest BCUT2D eigenvalue weighted by Crippen LogP contribution is -2.11. The van der Waals surface area contributed by atoms with E-state index in [9.17, 15) is 4.79 Å². The highest BCUT2D eigenvalue weighted by molar-refractivity contribution is 6.04. The van der Waals surface area contributed by atoms with Crippen molar-refractivity contribution in [3.8, 4) is 5.75 Å². The standard InChI is InChI=1S/C21H19NO2/c1-16-7-9-17(10-8-16)15-24-20-13-11-19(12-14-20)22-21(23)18-5-3-2-4-6-18/h2-14H,15H2,1H3,(H,22,23). The maximum atomic E-state index is 12.1. The third-order valence-corrected chi connectivity index (χ3v) is 3.67. The first-order chi connectivity index (χ1) is 11.7. The number of rotatable bonds is 5. The Bertz CT molecular complexity index is 794. The molecule has 0 fully saturated rings. The maximum Gasteiger partial charge on any atom is 0.255 e. The van der Waals surface area contributed by atoms with Gasteiger partial charge in [-0.2, -0.15) is 0 Å². The smallest absolute Gasteiger partial charge is 0.255 e. The largest absolute Gasteiger partial charge is 0.489 e. The number of carbonyl (C=O) groups is 1. The van der Waals surface area contributed by atoms with Gasteiger partial charge in [0.15, 0.2) is 0 Å². The van der Waals surface area contributed by atoms with Crippen molar-refractivity contribution in [2.75, 3.05) is 5.32 Å². The molecule has 0 bridgehead atoms. The second-order valence-electron chi connectivity index (χ2n) is 5.62. The molecule has 3 aromatic carbocycles. The van der Waals surface area contributed by atoms with E-state index >= 15 is 0 Å². The van der Waals surface area contributed by atoms with Gasteiger partial charge in [-0.15, -0.1) is 0 Å². The molecule has 3 heteroatoms. The van der Waals surface area contributed by atoms with E-state index in [4.69, 9.17) is 4.74 Å². The average molecular weight is 317 g/mol. The van der Waals surface area contributed by atoms with Crippen LogP contribution < -0.4 is 10.1 Å². The van der Waals surface area contributed by atoms with Crippen LogP contribution in [0.15, 0.2) is 78.9 Å². The lowest BCUT2D eigenvalue weighted by atomic mass is 10.2. The number of aryl methyl sites for hydroxylation is 1. The number of anilines is 1. The molecule has 24 heavy (non-hydrogen) atoms. The van der Waals surface area contributed by atoms with E-state index < -0.39 is 0 Å². The van der Waals surface area contributed by atoms with E-state index in [0.29, 0.717) is 12.2 Å². The summed E-state index contributed by atoms with van der Waals surface area (Å²) in [7, 11) is 0. The highest BCUT2D eigenvalue weighted by Crippen LogP contribution is 2.18. The highest BCUT2D eigenvalue weighted by Gasteiger charge is 2.05. The number of ether oxygens (including phenoxy) is 1. The zero-order chi connectivity index (χ0) is 16.8. The zero-order valence-electron chi connectivity index (χ0n) is 13.5. The van der Waals surface area contributed by atoms with Crippen LogP contribution in [0.4, 0.5) is 5.69 Å². The Kier molecular flexibility index (Phi) is 4.92. The maximum absolute atomic E-state index is 12.1. The van der Waals surface area contributed by atoms with Crippen molar-refractivity contribution in [1.29, 1.82) is 0 Å². The van der Waals surface area contributed by atoms with Gasteiger partial charge < -0.3 is 10.1 Å². The van der Waals surface area contributed by atoms with Crippen LogP contribution in [0.2, 0.25) is 0 Å². The van der Waals surface area contributed by atoms with E-state index in [-0.39, 0.29) is 5.91 Å². The number of benzene rings is 3. The summed E-state index contributed by atoms with van der Waals surface area (Å²) in [5.41, 5.74) is 3.74. The monoisotopic (exact) mass is 317 g/mol.